The van der Waals surface area contributed by atoms with Crippen LogP contribution in [0, 0.1) is 0 Å². The number of aromatic nitrogens is 2. The minimum atomic E-state index is -3.25. The minimum absolute atomic E-state index is 0.0675. The fraction of sp³-hybridized carbons (Fsp3) is 0.375. The van der Waals surface area contributed by atoms with Gasteiger partial charge in [-0.2, -0.15) is 4.31 Å². The molecule has 7 heteroatoms. The molecule has 0 N–H and O–H groups in total. The molecular weight excluding hydrogens is 312 g/mol. The van der Waals surface area contributed by atoms with Crippen molar-refractivity contribution in [1.82, 2.24) is 19.2 Å². The maximum Gasteiger partial charge on any atom is 0.218 e. The molecule has 0 spiro atoms. The Hall–Kier alpha value is -1.83. The lowest BCUT2D eigenvalue weighted by Crippen LogP contribution is -2.48. The van der Waals surface area contributed by atoms with Gasteiger partial charge in [-0.25, -0.2) is 8.42 Å². The topological polar surface area (TPSA) is 66.4 Å². The molecule has 23 heavy (non-hydrogen) atoms. The molecule has 1 aliphatic heterocycles. The van der Waals surface area contributed by atoms with Crippen LogP contribution in [0.3, 0.4) is 0 Å². The summed E-state index contributed by atoms with van der Waals surface area (Å²) in [4.78, 5) is 10.5. The van der Waals surface area contributed by atoms with E-state index in [0.29, 0.717) is 32.7 Å². The van der Waals surface area contributed by atoms with Gasteiger partial charge in [0.05, 0.1) is 11.4 Å². The monoisotopic (exact) mass is 332 g/mol. The summed E-state index contributed by atoms with van der Waals surface area (Å²) in [6.07, 6.45) is 5.08. The largest absolute Gasteiger partial charge is 0.295 e. The van der Waals surface area contributed by atoms with Crippen LogP contribution in [0.25, 0.3) is 0 Å². The Morgan fingerprint density at radius 3 is 2.39 bits per heavy atom. The zero-order chi connectivity index (χ0) is 16.1. The number of piperazine rings is 1. The molecule has 1 aliphatic rings. The van der Waals surface area contributed by atoms with Crippen LogP contribution in [-0.4, -0.2) is 53.8 Å². The van der Waals surface area contributed by atoms with Crippen molar-refractivity contribution in [3.8, 4) is 0 Å². The third-order valence-corrected chi connectivity index (χ3v) is 5.77. The van der Waals surface area contributed by atoms with Crippen LogP contribution >= 0.6 is 0 Å². The van der Waals surface area contributed by atoms with Gasteiger partial charge >= 0.3 is 0 Å². The molecule has 0 unspecified atom stereocenters. The highest BCUT2D eigenvalue weighted by Gasteiger charge is 2.27. The smallest absolute Gasteiger partial charge is 0.218 e. The molecule has 3 rings (SSSR count). The van der Waals surface area contributed by atoms with Crippen molar-refractivity contribution in [3.05, 3.63) is 60.2 Å². The number of hydrogen-bond acceptors (Lipinski definition) is 5. The second-order valence-electron chi connectivity index (χ2n) is 5.61. The van der Waals surface area contributed by atoms with E-state index < -0.39 is 10.0 Å². The third kappa shape index (κ3) is 4.34. The highest BCUT2D eigenvalue weighted by molar-refractivity contribution is 7.88. The van der Waals surface area contributed by atoms with Gasteiger partial charge in [-0.05, 0) is 5.56 Å². The summed E-state index contributed by atoms with van der Waals surface area (Å²) in [5, 5.41) is 0. The molecule has 2 heterocycles. The standard InChI is InChI=1S/C16H20N4O2S/c21-23(22,14-15-4-2-1-3-5-15)20-10-8-19(9-11-20)13-16-12-17-6-7-18-16/h1-7,12H,8-11,13-14H2. The Bertz CT molecular complexity index is 714. The molecule has 0 atom stereocenters. The van der Waals surface area contributed by atoms with Crippen molar-refractivity contribution in [2.75, 3.05) is 26.2 Å². The number of benzene rings is 1. The number of rotatable bonds is 5. The molecule has 6 nitrogen and oxygen atoms in total. The summed E-state index contributed by atoms with van der Waals surface area (Å²) in [6, 6.07) is 9.32. The van der Waals surface area contributed by atoms with Gasteiger partial charge in [-0.15, -0.1) is 0 Å². The fourth-order valence-corrected chi connectivity index (χ4v) is 4.20. The molecule has 0 saturated carbocycles. The van der Waals surface area contributed by atoms with E-state index in [4.69, 9.17) is 0 Å². The van der Waals surface area contributed by atoms with Crippen molar-refractivity contribution in [2.24, 2.45) is 0 Å². The minimum Gasteiger partial charge on any atom is -0.295 e. The number of hydrogen-bond donors (Lipinski definition) is 0. The summed E-state index contributed by atoms with van der Waals surface area (Å²) in [7, 11) is -3.25. The van der Waals surface area contributed by atoms with Crippen molar-refractivity contribution >= 4 is 10.0 Å². The second-order valence-corrected chi connectivity index (χ2v) is 7.58. The number of sulfonamides is 1. The Labute approximate surface area is 136 Å². The quantitative estimate of drug-likeness (QED) is 0.821. The zero-order valence-corrected chi connectivity index (χ0v) is 13.7. The molecule has 1 aromatic carbocycles. The molecule has 1 saturated heterocycles. The molecule has 2 aromatic rings. The molecule has 0 bridgehead atoms. The second kappa shape index (κ2) is 7.16. The first-order valence-corrected chi connectivity index (χ1v) is 9.23. The molecule has 122 valence electrons. The van der Waals surface area contributed by atoms with Crippen LogP contribution in [0.2, 0.25) is 0 Å². The molecule has 0 amide bonds. The van der Waals surface area contributed by atoms with Crippen LogP contribution in [0.5, 0.6) is 0 Å². The Kier molecular flexibility index (Phi) is 5.00. The van der Waals surface area contributed by atoms with Gasteiger partial charge in [0.25, 0.3) is 0 Å². The van der Waals surface area contributed by atoms with Gasteiger partial charge in [-0.1, -0.05) is 30.3 Å². The lowest BCUT2D eigenvalue weighted by Gasteiger charge is -2.33. The molecule has 1 fully saturated rings. The van der Waals surface area contributed by atoms with E-state index >= 15 is 0 Å². The molecule has 0 radical (unpaired) electrons. The predicted molar refractivity (Wildman–Crippen MR) is 87.9 cm³/mol. The van der Waals surface area contributed by atoms with E-state index in [9.17, 15) is 8.42 Å². The first kappa shape index (κ1) is 16.0. The Morgan fingerprint density at radius 1 is 1.00 bits per heavy atom. The van der Waals surface area contributed by atoms with Gasteiger partial charge < -0.3 is 0 Å². The summed E-state index contributed by atoms with van der Waals surface area (Å²) >= 11 is 0. The van der Waals surface area contributed by atoms with Crippen LogP contribution in [0.15, 0.2) is 48.9 Å². The predicted octanol–water partition coefficient (Wildman–Crippen LogP) is 1.12. The zero-order valence-electron chi connectivity index (χ0n) is 12.9. The maximum absolute atomic E-state index is 12.5. The average Bonchev–Trinajstić information content (AvgIpc) is 2.57. The van der Waals surface area contributed by atoms with Gasteiger partial charge in [0.1, 0.15) is 0 Å². The van der Waals surface area contributed by atoms with Crippen LogP contribution < -0.4 is 0 Å². The highest BCUT2D eigenvalue weighted by Crippen LogP contribution is 2.14. The summed E-state index contributed by atoms with van der Waals surface area (Å²) in [5.41, 5.74) is 1.74. The van der Waals surface area contributed by atoms with Crippen molar-refractivity contribution < 1.29 is 8.42 Å². The SMILES string of the molecule is O=S(=O)(Cc1ccccc1)N1CCN(Cc2cnccn2)CC1. The lowest BCUT2D eigenvalue weighted by atomic mass is 10.2. The summed E-state index contributed by atoms with van der Waals surface area (Å²) in [5.74, 6) is 0.0675. The van der Waals surface area contributed by atoms with Gasteiger partial charge in [0.15, 0.2) is 0 Å². The summed E-state index contributed by atoms with van der Waals surface area (Å²) in [6.45, 7) is 3.18. The van der Waals surface area contributed by atoms with Crippen LogP contribution in [0.1, 0.15) is 11.3 Å². The van der Waals surface area contributed by atoms with Crippen molar-refractivity contribution in [3.63, 3.8) is 0 Å². The van der Waals surface area contributed by atoms with Crippen LogP contribution in [-0.2, 0) is 22.3 Å². The van der Waals surface area contributed by atoms with E-state index in [0.717, 1.165) is 11.3 Å². The first-order valence-electron chi connectivity index (χ1n) is 7.62. The normalized spacial score (nSPS) is 17.2. The molecule has 0 aliphatic carbocycles. The van der Waals surface area contributed by atoms with E-state index in [-0.39, 0.29) is 5.75 Å². The molecule has 1 aromatic heterocycles. The van der Waals surface area contributed by atoms with E-state index in [1.54, 1.807) is 22.9 Å². The van der Waals surface area contributed by atoms with Gasteiger partial charge in [0.2, 0.25) is 10.0 Å². The van der Waals surface area contributed by atoms with E-state index in [1.807, 2.05) is 30.3 Å². The van der Waals surface area contributed by atoms with E-state index in [2.05, 4.69) is 14.9 Å². The van der Waals surface area contributed by atoms with Gasteiger partial charge in [-0.3, -0.25) is 14.9 Å². The van der Waals surface area contributed by atoms with E-state index in [1.165, 1.54) is 0 Å². The first-order chi connectivity index (χ1) is 11.1. The highest BCUT2D eigenvalue weighted by atomic mass is 32.2. The fourth-order valence-electron chi connectivity index (χ4n) is 2.68. The maximum atomic E-state index is 12.5. The van der Waals surface area contributed by atoms with Crippen LogP contribution in [0.4, 0.5) is 0 Å². The van der Waals surface area contributed by atoms with Crippen molar-refractivity contribution in [2.45, 2.75) is 12.3 Å². The Balaban J connectivity index is 1.56. The van der Waals surface area contributed by atoms with Crippen molar-refractivity contribution in [1.29, 1.82) is 0 Å². The van der Waals surface area contributed by atoms with Gasteiger partial charge in [0, 0.05) is 51.3 Å². The molecular formula is C16H20N4O2S. The lowest BCUT2D eigenvalue weighted by molar-refractivity contribution is 0.179. The summed E-state index contributed by atoms with van der Waals surface area (Å²) < 4.78 is 26.6. The average molecular weight is 332 g/mol. The Morgan fingerprint density at radius 2 is 1.74 bits per heavy atom. The third-order valence-electron chi connectivity index (χ3n) is 3.92. The number of nitrogens with zero attached hydrogens (tertiary/aromatic N) is 4.